The van der Waals surface area contributed by atoms with Crippen LogP contribution in [0.15, 0.2) is 19.1 Å². The highest BCUT2D eigenvalue weighted by molar-refractivity contribution is 5.49. The Morgan fingerprint density at radius 1 is 1.29 bits per heavy atom. The lowest BCUT2D eigenvalue weighted by Gasteiger charge is -2.29. The molecule has 0 aliphatic carbocycles. The summed E-state index contributed by atoms with van der Waals surface area (Å²) in [6.45, 7) is 17.5. The van der Waals surface area contributed by atoms with Crippen LogP contribution in [0.5, 0.6) is 0 Å². The first-order valence-electron chi connectivity index (χ1n) is 7.70. The fourth-order valence-corrected chi connectivity index (χ4v) is 2.17. The average Bonchev–Trinajstić information content (AvgIpc) is 2.54. The van der Waals surface area contributed by atoms with E-state index in [-0.39, 0.29) is 0 Å². The van der Waals surface area contributed by atoms with Gasteiger partial charge < -0.3 is 9.64 Å². The van der Waals surface area contributed by atoms with Gasteiger partial charge in [-0.15, -0.1) is 0 Å². The molecule has 0 spiro atoms. The maximum absolute atomic E-state index is 5.36. The SMILES string of the molecule is C=CN(CCN1CCOCC1)c1ncnc(C)c1C.CC. The molecule has 1 saturated heterocycles. The largest absolute Gasteiger partial charge is 0.379 e. The van der Waals surface area contributed by atoms with Crippen LogP contribution in [0.25, 0.3) is 0 Å². The molecule has 0 atom stereocenters. The lowest BCUT2D eigenvalue weighted by atomic mass is 10.2. The van der Waals surface area contributed by atoms with E-state index in [2.05, 4.69) is 33.3 Å². The van der Waals surface area contributed by atoms with Gasteiger partial charge in [-0.05, 0) is 20.0 Å². The van der Waals surface area contributed by atoms with Gasteiger partial charge in [0.2, 0.25) is 0 Å². The molecule has 0 radical (unpaired) electrons. The molecule has 0 unspecified atom stereocenters. The van der Waals surface area contributed by atoms with Crippen molar-refractivity contribution in [1.29, 1.82) is 0 Å². The van der Waals surface area contributed by atoms with Gasteiger partial charge >= 0.3 is 0 Å². The number of hydrogen-bond acceptors (Lipinski definition) is 5. The molecule has 1 aromatic rings. The van der Waals surface area contributed by atoms with Gasteiger partial charge in [0.05, 0.1) is 13.2 Å². The Hall–Kier alpha value is -1.46. The van der Waals surface area contributed by atoms with E-state index >= 15 is 0 Å². The molecule has 0 N–H and O–H groups in total. The van der Waals surface area contributed by atoms with Crippen molar-refractivity contribution >= 4 is 5.82 Å². The second kappa shape index (κ2) is 9.47. The minimum Gasteiger partial charge on any atom is -0.379 e. The summed E-state index contributed by atoms with van der Waals surface area (Å²) in [6, 6.07) is 0. The number of nitrogens with zero attached hydrogens (tertiary/aromatic N) is 4. The summed E-state index contributed by atoms with van der Waals surface area (Å²) in [7, 11) is 0. The van der Waals surface area contributed by atoms with Gasteiger partial charge in [-0.25, -0.2) is 9.97 Å². The van der Waals surface area contributed by atoms with Crippen LogP contribution in [0.4, 0.5) is 5.82 Å². The average molecular weight is 292 g/mol. The minimum absolute atomic E-state index is 0.833. The van der Waals surface area contributed by atoms with E-state index in [1.165, 1.54) is 0 Å². The molecule has 5 heteroatoms. The van der Waals surface area contributed by atoms with Gasteiger partial charge in [-0.1, -0.05) is 20.4 Å². The first kappa shape index (κ1) is 17.6. The van der Waals surface area contributed by atoms with Gasteiger partial charge in [0, 0.05) is 37.4 Å². The van der Waals surface area contributed by atoms with Gasteiger partial charge in [-0.3, -0.25) is 4.90 Å². The molecule has 1 aliphatic heterocycles. The lowest BCUT2D eigenvalue weighted by molar-refractivity contribution is 0.0393. The second-order valence-electron chi connectivity index (χ2n) is 4.74. The standard InChI is InChI=1S/C14H22N4O.C2H6/c1-4-18(6-5-17-7-9-19-10-8-17)14-12(2)13(3)15-11-16-14;1-2/h4,11H,1,5-10H2,2-3H3;1-2H3. The van der Waals surface area contributed by atoms with E-state index in [0.717, 1.165) is 56.5 Å². The van der Waals surface area contributed by atoms with Crippen molar-refractivity contribution in [2.45, 2.75) is 27.7 Å². The smallest absolute Gasteiger partial charge is 0.139 e. The summed E-state index contributed by atoms with van der Waals surface area (Å²) in [6.07, 6.45) is 3.46. The number of rotatable bonds is 5. The highest BCUT2D eigenvalue weighted by atomic mass is 16.5. The normalized spacial score (nSPS) is 15.0. The molecule has 0 bridgehead atoms. The molecule has 0 amide bonds. The summed E-state index contributed by atoms with van der Waals surface area (Å²) >= 11 is 0. The summed E-state index contributed by atoms with van der Waals surface area (Å²) in [5, 5.41) is 0. The van der Waals surface area contributed by atoms with Crippen molar-refractivity contribution in [3.05, 3.63) is 30.4 Å². The fourth-order valence-electron chi connectivity index (χ4n) is 2.17. The third kappa shape index (κ3) is 5.10. The predicted octanol–water partition coefficient (Wildman–Crippen LogP) is 2.40. The molecular formula is C16H28N4O. The summed E-state index contributed by atoms with van der Waals surface area (Å²) in [4.78, 5) is 13.1. The molecule has 1 aliphatic rings. The monoisotopic (exact) mass is 292 g/mol. The zero-order valence-corrected chi connectivity index (χ0v) is 13.8. The topological polar surface area (TPSA) is 41.5 Å². The number of aryl methyl sites for hydroxylation is 1. The van der Waals surface area contributed by atoms with Crippen LogP contribution >= 0.6 is 0 Å². The lowest BCUT2D eigenvalue weighted by Crippen LogP contribution is -2.40. The number of morpholine rings is 1. The molecular weight excluding hydrogens is 264 g/mol. The van der Waals surface area contributed by atoms with Crippen LogP contribution in [0.3, 0.4) is 0 Å². The molecule has 1 fully saturated rings. The molecule has 5 nitrogen and oxygen atoms in total. The number of hydrogen-bond donors (Lipinski definition) is 0. The summed E-state index contributed by atoms with van der Waals surface area (Å²) in [5.74, 6) is 0.954. The molecule has 2 heterocycles. The van der Waals surface area contributed by atoms with E-state index < -0.39 is 0 Å². The van der Waals surface area contributed by atoms with Gasteiger partial charge in [0.15, 0.2) is 0 Å². The quantitative estimate of drug-likeness (QED) is 0.833. The van der Waals surface area contributed by atoms with Crippen LogP contribution in [-0.4, -0.2) is 54.3 Å². The Kier molecular flexibility index (Phi) is 7.93. The maximum Gasteiger partial charge on any atom is 0.139 e. The van der Waals surface area contributed by atoms with Crippen molar-refractivity contribution in [3.63, 3.8) is 0 Å². The van der Waals surface area contributed by atoms with E-state index in [9.17, 15) is 0 Å². The number of ether oxygens (including phenoxy) is 1. The van der Waals surface area contributed by atoms with E-state index in [1.807, 2.05) is 27.0 Å². The van der Waals surface area contributed by atoms with Crippen molar-refractivity contribution < 1.29 is 4.74 Å². The van der Waals surface area contributed by atoms with Crippen molar-refractivity contribution in [1.82, 2.24) is 14.9 Å². The number of aromatic nitrogens is 2. The van der Waals surface area contributed by atoms with Crippen molar-refractivity contribution in [2.75, 3.05) is 44.3 Å². The molecule has 1 aromatic heterocycles. The first-order chi connectivity index (χ1) is 10.2. The molecule has 2 rings (SSSR count). The van der Waals surface area contributed by atoms with Gasteiger partial charge in [0.1, 0.15) is 12.1 Å². The van der Waals surface area contributed by atoms with Gasteiger partial charge in [-0.2, -0.15) is 0 Å². The van der Waals surface area contributed by atoms with Crippen LogP contribution < -0.4 is 4.90 Å². The Morgan fingerprint density at radius 2 is 1.95 bits per heavy atom. The van der Waals surface area contributed by atoms with Crippen LogP contribution in [0.2, 0.25) is 0 Å². The number of anilines is 1. The maximum atomic E-state index is 5.36. The zero-order valence-electron chi connectivity index (χ0n) is 13.8. The van der Waals surface area contributed by atoms with E-state index in [1.54, 1.807) is 6.33 Å². The Morgan fingerprint density at radius 3 is 2.57 bits per heavy atom. The Balaban J connectivity index is 0.00000106. The van der Waals surface area contributed by atoms with Crippen molar-refractivity contribution in [3.8, 4) is 0 Å². The Labute approximate surface area is 128 Å². The highest BCUT2D eigenvalue weighted by Gasteiger charge is 2.14. The van der Waals surface area contributed by atoms with E-state index in [4.69, 9.17) is 4.74 Å². The predicted molar refractivity (Wildman–Crippen MR) is 87.7 cm³/mol. The van der Waals surface area contributed by atoms with Crippen LogP contribution in [0.1, 0.15) is 25.1 Å². The van der Waals surface area contributed by atoms with Crippen LogP contribution in [-0.2, 0) is 4.74 Å². The Bertz CT molecular complexity index is 430. The van der Waals surface area contributed by atoms with Crippen LogP contribution in [0, 0.1) is 13.8 Å². The molecule has 21 heavy (non-hydrogen) atoms. The van der Waals surface area contributed by atoms with Gasteiger partial charge in [0.25, 0.3) is 0 Å². The third-order valence-corrected chi connectivity index (χ3v) is 3.56. The molecule has 118 valence electrons. The zero-order chi connectivity index (χ0) is 15.7. The summed E-state index contributed by atoms with van der Waals surface area (Å²) in [5.41, 5.74) is 2.13. The summed E-state index contributed by atoms with van der Waals surface area (Å²) < 4.78 is 5.36. The fraction of sp³-hybridized carbons (Fsp3) is 0.625. The molecule has 0 saturated carbocycles. The van der Waals surface area contributed by atoms with Crippen molar-refractivity contribution in [2.24, 2.45) is 0 Å². The second-order valence-corrected chi connectivity index (χ2v) is 4.74. The van der Waals surface area contributed by atoms with E-state index in [0.29, 0.717) is 0 Å². The minimum atomic E-state index is 0.833. The third-order valence-electron chi connectivity index (χ3n) is 3.56. The highest BCUT2D eigenvalue weighted by Crippen LogP contribution is 2.18. The molecule has 0 aromatic carbocycles. The first-order valence-corrected chi connectivity index (χ1v) is 7.70.